The molecule has 1 amide bonds. The van der Waals surface area contributed by atoms with Crippen LogP contribution in [0.1, 0.15) is 34.3 Å². The summed E-state index contributed by atoms with van der Waals surface area (Å²) in [5.41, 5.74) is 0.592. The Balaban J connectivity index is 1.45. The second-order valence-electron chi connectivity index (χ2n) is 7.84. The summed E-state index contributed by atoms with van der Waals surface area (Å²) in [5.74, 6) is 0.751. The Morgan fingerprint density at radius 2 is 1.52 bits per heavy atom. The summed E-state index contributed by atoms with van der Waals surface area (Å²) in [7, 11) is 3.01. The normalized spacial score (nSPS) is 14.8. The highest BCUT2D eigenvalue weighted by atomic mass is 19.4. The fourth-order valence-electron chi connectivity index (χ4n) is 3.75. The number of nitrogens with zero attached hydrogens (tertiary/aromatic N) is 2. The van der Waals surface area contributed by atoms with Crippen molar-refractivity contribution in [2.45, 2.75) is 25.6 Å². The zero-order chi connectivity index (χ0) is 24.0. The van der Waals surface area contributed by atoms with Crippen LogP contribution < -0.4 is 9.47 Å². The van der Waals surface area contributed by atoms with E-state index in [9.17, 15) is 22.8 Å². The van der Waals surface area contributed by atoms with E-state index >= 15 is 0 Å². The fourth-order valence-corrected chi connectivity index (χ4v) is 3.75. The number of piperazine rings is 1. The van der Waals surface area contributed by atoms with Crippen molar-refractivity contribution >= 4 is 11.7 Å². The number of hydrogen-bond acceptors (Lipinski definition) is 5. The first-order valence-electron chi connectivity index (χ1n) is 10.6. The van der Waals surface area contributed by atoms with Crippen molar-refractivity contribution in [2.24, 2.45) is 0 Å². The number of carbonyl (C=O) groups excluding carboxylic acids is 2. The number of rotatable bonds is 8. The van der Waals surface area contributed by atoms with Crippen molar-refractivity contribution in [2.75, 3.05) is 40.4 Å². The second-order valence-corrected chi connectivity index (χ2v) is 7.84. The van der Waals surface area contributed by atoms with Gasteiger partial charge in [-0.2, -0.15) is 13.2 Å². The molecule has 0 aliphatic carbocycles. The molecule has 0 atom stereocenters. The molecule has 1 fully saturated rings. The molecule has 0 unspecified atom stereocenters. The minimum Gasteiger partial charge on any atom is -0.493 e. The number of amides is 1. The predicted molar refractivity (Wildman–Crippen MR) is 116 cm³/mol. The van der Waals surface area contributed by atoms with E-state index in [0.29, 0.717) is 49.8 Å². The topological polar surface area (TPSA) is 59.1 Å². The van der Waals surface area contributed by atoms with E-state index in [2.05, 4.69) is 4.90 Å². The Morgan fingerprint density at radius 3 is 2.09 bits per heavy atom. The van der Waals surface area contributed by atoms with Crippen LogP contribution in [0.25, 0.3) is 0 Å². The number of ketones is 1. The number of benzene rings is 2. The molecular weight excluding hydrogens is 437 g/mol. The summed E-state index contributed by atoms with van der Waals surface area (Å²) in [6.45, 7) is 2.80. The van der Waals surface area contributed by atoms with E-state index < -0.39 is 11.7 Å². The van der Waals surface area contributed by atoms with Crippen LogP contribution in [0.5, 0.6) is 11.5 Å². The van der Waals surface area contributed by atoms with Gasteiger partial charge >= 0.3 is 6.18 Å². The van der Waals surface area contributed by atoms with Crippen molar-refractivity contribution in [1.29, 1.82) is 0 Å². The van der Waals surface area contributed by atoms with Crippen molar-refractivity contribution in [3.8, 4) is 11.5 Å². The van der Waals surface area contributed by atoms with Gasteiger partial charge in [-0.15, -0.1) is 0 Å². The lowest BCUT2D eigenvalue weighted by molar-refractivity contribution is -0.137. The molecule has 1 saturated heterocycles. The maximum atomic E-state index is 12.7. The first-order valence-corrected chi connectivity index (χ1v) is 10.6. The first kappa shape index (κ1) is 24.6. The summed E-state index contributed by atoms with van der Waals surface area (Å²) in [6, 6.07) is 10.1. The smallest absolute Gasteiger partial charge is 0.416 e. The van der Waals surface area contributed by atoms with Crippen LogP contribution in [-0.4, -0.2) is 61.9 Å². The molecule has 2 aromatic carbocycles. The third-order valence-electron chi connectivity index (χ3n) is 5.68. The highest BCUT2D eigenvalue weighted by Gasteiger charge is 2.30. The van der Waals surface area contributed by atoms with Crippen LogP contribution in [0.3, 0.4) is 0 Å². The van der Waals surface area contributed by atoms with Gasteiger partial charge in [-0.25, -0.2) is 0 Å². The van der Waals surface area contributed by atoms with Crippen molar-refractivity contribution < 1.29 is 32.2 Å². The standard InChI is InChI=1S/C24H27F3N2O4/c1-32-21-9-5-18(15-22(21)33-2)20(30)8-10-23(31)29-13-11-28(12-14-29)16-17-3-6-19(7-4-17)24(25,26)27/h3-7,9,15H,8,10-14,16H2,1-2H3. The van der Waals surface area contributed by atoms with E-state index in [1.165, 1.54) is 26.4 Å². The molecule has 1 aliphatic rings. The fraction of sp³-hybridized carbons (Fsp3) is 0.417. The monoisotopic (exact) mass is 464 g/mol. The minimum atomic E-state index is -4.34. The number of hydrogen-bond donors (Lipinski definition) is 0. The quantitative estimate of drug-likeness (QED) is 0.552. The van der Waals surface area contributed by atoms with E-state index in [1.54, 1.807) is 23.1 Å². The largest absolute Gasteiger partial charge is 0.493 e. The number of Topliss-reactive ketones (excluding diaryl/α,β-unsaturated/α-hetero) is 1. The molecule has 1 heterocycles. The number of halogens is 3. The predicted octanol–water partition coefficient (Wildman–Crippen LogP) is 4.03. The van der Waals surface area contributed by atoms with Crippen LogP contribution in [0.4, 0.5) is 13.2 Å². The van der Waals surface area contributed by atoms with Gasteiger partial charge in [-0.3, -0.25) is 14.5 Å². The first-order chi connectivity index (χ1) is 15.7. The average Bonchev–Trinajstić information content (AvgIpc) is 2.82. The van der Waals surface area contributed by atoms with Gasteiger partial charge in [-0.1, -0.05) is 12.1 Å². The zero-order valence-electron chi connectivity index (χ0n) is 18.7. The maximum absolute atomic E-state index is 12.7. The van der Waals surface area contributed by atoms with E-state index in [-0.39, 0.29) is 24.5 Å². The van der Waals surface area contributed by atoms with Gasteiger partial charge in [0.1, 0.15) is 0 Å². The molecule has 33 heavy (non-hydrogen) atoms. The molecule has 0 bridgehead atoms. The molecule has 0 N–H and O–H groups in total. The lowest BCUT2D eigenvalue weighted by Crippen LogP contribution is -2.48. The molecule has 0 aromatic heterocycles. The average molecular weight is 464 g/mol. The number of alkyl halides is 3. The lowest BCUT2D eigenvalue weighted by atomic mass is 10.1. The molecule has 2 aromatic rings. The number of ether oxygens (including phenoxy) is 2. The van der Waals surface area contributed by atoms with Gasteiger partial charge in [-0.05, 0) is 35.9 Å². The number of carbonyl (C=O) groups is 2. The molecule has 3 rings (SSSR count). The minimum absolute atomic E-state index is 0.0852. The summed E-state index contributed by atoms with van der Waals surface area (Å²) in [6.07, 6.45) is -4.13. The molecule has 9 heteroatoms. The van der Waals surface area contributed by atoms with Crippen molar-refractivity contribution in [1.82, 2.24) is 9.80 Å². The van der Waals surface area contributed by atoms with Gasteiger partial charge in [0, 0.05) is 51.1 Å². The Hall–Kier alpha value is -3.07. The number of methoxy groups -OCH3 is 2. The Morgan fingerprint density at radius 1 is 0.879 bits per heavy atom. The van der Waals surface area contributed by atoms with Gasteiger partial charge in [0.2, 0.25) is 5.91 Å². The van der Waals surface area contributed by atoms with Crippen LogP contribution in [-0.2, 0) is 17.5 Å². The van der Waals surface area contributed by atoms with E-state index in [0.717, 1.165) is 17.7 Å². The molecule has 6 nitrogen and oxygen atoms in total. The Kier molecular flexibility index (Phi) is 7.97. The summed E-state index contributed by atoms with van der Waals surface area (Å²) in [4.78, 5) is 28.9. The molecule has 178 valence electrons. The molecule has 0 radical (unpaired) electrons. The highest BCUT2D eigenvalue weighted by Crippen LogP contribution is 2.30. The third kappa shape index (κ3) is 6.47. The van der Waals surface area contributed by atoms with Crippen molar-refractivity contribution in [3.63, 3.8) is 0 Å². The van der Waals surface area contributed by atoms with Gasteiger partial charge in [0.15, 0.2) is 17.3 Å². The lowest BCUT2D eigenvalue weighted by Gasteiger charge is -2.34. The summed E-state index contributed by atoms with van der Waals surface area (Å²) >= 11 is 0. The molecule has 0 saturated carbocycles. The van der Waals surface area contributed by atoms with Crippen LogP contribution in [0.15, 0.2) is 42.5 Å². The maximum Gasteiger partial charge on any atom is 0.416 e. The van der Waals surface area contributed by atoms with Gasteiger partial charge in [0.05, 0.1) is 19.8 Å². The van der Waals surface area contributed by atoms with Crippen LogP contribution in [0.2, 0.25) is 0 Å². The van der Waals surface area contributed by atoms with Crippen LogP contribution in [0, 0.1) is 0 Å². The second kappa shape index (κ2) is 10.7. The molecule has 1 aliphatic heterocycles. The van der Waals surface area contributed by atoms with E-state index in [1.807, 2.05) is 0 Å². The third-order valence-corrected chi connectivity index (χ3v) is 5.68. The van der Waals surface area contributed by atoms with Crippen molar-refractivity contribution in [3.05, 3.63) is 59.2 Å². The summed E-state index contributed by atoms with van der Waals surface area (Å²) < 4.78 is 48.5. The Labute approximate surface area is 190 Å². The van der Waals surface area contributed by atoms with Gasteiger partial charge in [0.25, 0.3) is 0 Å². The zero-order valence-corrected chi connectivity index (χ0v) is 18.7. The highest BCUT2D eigenvalue weighted by molar-refractivity contribution is 5.98. The molecular formula is C24H27F3N2O4. The summed E-state index contributed by atoms with van der Waals surface area (Å²) in [5, 5.41) is 0. The molecule has 0 spiro atoms. The van der Waals surface area contributed by atoms with E-state index in [4.69, 9.17) is 9.47 Å². The van der Waals surface area contributed by atoms with Gasteiger partial charge < -0.3 is 14.4 Å². The Bertz CT molecular complexity index is 969. The van der Waals surface area contributed by atoms with Crippen LogP contribution >= 0.6 is 0 Å². The SMILES string of the molecule is COc1ccc(C(=O)CCC(=O)N2CCN(Cc3ccc(C(F)(F)F)cc3)CC2)cc1OC.